The largest absolute Gasteiger partial charge is 0.497 e. The van der Waals surface area contributed by atoms with E-state index in [0.717, 1.165) is 67.4 Å². The molecule has 2 atom stereocenters. The van der Waals surface area contributed by atoms with Crippen LogP contribution in [-0.2, 0) is 14.3 Å². The van der Waals surface area contributed by atoms with Crippen molar-refractivity contribution in [1.82, 2.24) is 4.90 Å². The van der Waals surface area contributed by atoms with E-state index in [1.807, 2.05) is 48.2 Å². The second kappa shape index (κ2) is 10.9. The van der Waals surface area contributed by atoms with Crippen molar-refractivity contribution in [1.29, 1.82) is 0 Å². The minimum Gasteiger partial charge on any atom is -0.497 e. The van der Waals surface area contributed by atoms with Crippen LogP contribution in [0.15, 0.2) is 42.5 Å². The molecule has 4 rings (SSSR count). The summed E-state index contributed by atoms with van der Waals surface area (Å²) in [5.74, 6) is 0.227. The maximum Gasteiger partial charge on any atom is 0.230 e. The molecule has 2 fully saturated rings. The van der Waals surface area contributed by atoms with Crippen LogP contribution in [-0.4, -0.2) is 56.7 Å². The molecule has 1 N–H and O–H groups in total. The quantitative estimate of drug-likeness (QED) is 0.634. The predicted molar refractivity (Wildman–Crippen MR) is 133 cm³/mol. The molecule has 2 saturated heterocycles. The average molecular weight is 466 g/mol. The molecule has 7 heteroatoms. The summed E-state index contributed by atoms with van der Waals surface area (Å²) in [5.41, 5.74) is 3.89. The summed E-state index contributed by atoms with van der Waals surface area (Å²) >= 11 is 0. The molecule has 2 heterocycles. The lowest BCUT2D eigenvalue weighted by molar-refractivity contribution is -0.129. The first-order chi connectivity index (χ1) is 16.5. The maximum atomic E-state index is 13.5. The molecule has 2 amide bonds. The van der Waals surface area contributed by atoms with Gasteiger partial charge in [-0.3, -0.25) is 9.59 Å². The molecule has 182 valence electrons. The molecule has 0 radical (unpaired) electrons. The molecular formula is C27H35N3O4. The molecule has 2 aliphatic heterocycles. The number of anilines is 2. The second-order valence-electron chi connectivity index (χ2n) is 9.06. The van der Waals surface area contributed by atoms with Gasteiger partial charge in [-0.15, -0.1) is 0 Å². The molecular weight excluding hydrogens is 430 g/mol. The number of carbonyl (C=O) groups is 2. The number of rotatable bonds is 8. The number of nitrogens with one attached hydrogen (secondary N) is 1. The van der Waals surface area contributed by atoms with Gasteiger partial charge in [-0.1, -0.05) is 25.5 Å². The zero-order chi connectivity index (χ0) is 24.1. The lowest BCUT2D eigenvalue weighted by Gasteiger charge is -2.30. The number of methoxy groups -OCH3 is 1. The van der Waals surface area contributed by atoms with Crippen LogP contribution in [0.2, 0.25) is 0 Å². The summed E-state index contributed by atoms with van der Waals surface area (Å²) < 4.78 is 10.7. The average Bonchev–Trinajstić information content (AvgIpc) is 3.20. The van der Waals surface area contributed by atoms with Crippen molar-refractivity contribution in [2.45, 2.75) is 39.2 Å². The van der Waals surface area contributed by atoms with E-state index in [2.05, 4.69) is 23.2 Å². The number of morpholine rings is 1. The number of carbonyl (C=O) groups excluding carboxylic acids is 2. The molecule has 0 bridgehead atoms. The van der Waals surface area contributed by atoms with Gasteiger partial charge in [-0.05, 0) is 54.8 Å². The minimum atomic E-state index is -0.448. The molecule has 34 heavy (non-hydrogen) atoms. The van der Waals surface area contributed by atoms with Crippen molar-refractivity contribution in [2.24, 2.45) is 5.92 Å². The van der Waals surface area contributed by atoms with Crippen molar-refractivity contribution in [3.05, 3.63) is 53.6 Å². The summed E-state index contributed by atoms with van der Waals surface area (Å²) in [6.45, 7) is 7.97. The van der Waals surface area contributed by atoms with Gasteiger partial charge in [0, 0.05) is 37.4 Å². The van der Waals surface area contributed by atoms with Crippen LogP contribution in [0.4, 0.5) is 11.4 Å². The molecule has 0 spiro atoms. The maximum absolute atomic E-state index is 13.5. The van der Waals surface area contributed by atoms with Crippen molar-refractivity contribution >= 4 is 23.2 Å². The summed E-state index contributed by atoms with van der Waals surface area (Å²) in [6.07, 6.45) is 2.12. The number of hydrogen-bond acceptors (Lipinski definition) is 5. The Hall–Kier alpha value is -3.06. The van der Waals surface area contributed by atoms with E-state index in [9.17, 15) is 9.59 Å². The molecule has 0 aromatic heterocycles. The topological polar surface area (TPSA) is 71.1 Å². The summed E-state index contributed by atoms with van der Waals surface area (Å²) in [5, 5.41) is 3.12. The van der Waals surface area contributed by atoms with Crippen LogP contribution in [0.5, 0.6) is 5.75 Å². The van der Waals surface area contributed by atoms with Crippen molar-refractivity contribution in [3.8, 4) is 5.75 Å². The Morgan fingerprint density at radius 2 is 1.88 bits per heavy atom. The lowest BCUT2D eigenvalue weighted by Crippen LogP contribution is -2.36. The summed E-state index contributed by atoms with van der Waals surface area (Å²) in [4.78, 5) is 30.6. The van der Waals surface area contributed by atoms with Gasteiger partial charge in [0.15, 0.2) is 0 Å². The van der Waals surface area contributed by atoms with E-state index in [0.29, 0.717) is 6.54 Å². The number of ether oxygens (including phenoxy) is 2. The molecule has 0 saturated carbocycles. The SMILES string of the molecule is CCCCN1C(=O)CC(C(=O)Nc2ccc(N3CCOCC3)cc2C)C1c1ccc(OC)cc1. The Morgan fingerprint density at radius 1 is 1.15 bits per heavy atom. The van der Waals surface area contributed by atoms with E-state index < -0.39 is 5.92 Å². The first-order valence-corrected chi connectivity index (χ1v) is 12.2. The Kier molecular flexibility index (Phi) is 7.73. The summed E-state index contributed by atoms with van der Waals surface area (Å²) in [6, 6.07) is 13.5. The highest BCUT2D eigenvalue weighted by molar-refractivity contribution is 5.98. The number of likely N-dealkylation sites (tertiary alicyclic amines) is 1. The number of hydrogen-bond donors (Lipinski definition) is 1. The highest BCUT2D eigenvalue weighted by Gasteiger charge is 2.44. The molecule has 2 aromatic rings. The minimum absolute atomic E-state index is 0.0359. The van der Waals surface area contributed by atoms with Crippen molar-refractivity contribution < 1.29 is 19.1 Å². The van der Waals surface area contributed by atoms with E-state index in [-0.39, 0.29) is 24.3 Å². The van der Waals surface area contributed by atoms with Gasteiger partial charge in [0.25, 0.3) is 0 Å². The number of aryl methyl sites for hydroxylation is 1. The van der Waals surface area contributed by atoms with E-state index in [1.165, 1.54) is 0 Å². The van der Waals surface area contributed by atoms with Gasteiger partial charge in [-0.25, -0.2) is 0 Å². The standard InChI is InChI=1S/C27H35N3O4/c1-4-5-12-30-25(31)18-23(26(30)20-6-9-22(33-3)10-7-20)27(32)28-24-11-8-21(17-19(24)2)29-13-15-34-16-14-29/h6-11,17,23,26H,4-5,12-16,18H2,1-3H3,(H,28,32). The van der Waals surface area contributed by atoms with Crippen LogP contribution in [0, 0.1) is 12.8 Å². The Balaban J connectivity index is 1.54. The van der Waals surface area contributed by atoms with Gasteiger partial charge >= 0.3 is 0 Å². The fourth-order valence-electron chi connectivity index (χ4n) is 4.86. The molecule has 2 aliphatic rings. The Bertz CT molecular complexity index is 1000. The van der Waals surface area contributed by atoms with Crippen LogP contribution < -0.4 is 15.0 Å². The first kappa shape index (κ1) is 24.1. The van der Waals surface area contributed by atoms with Gasteiger partial charge in [-0.2, -0.15) is 0 Å². The number of unbranched alkanes of at least 4 members (excludes halogenated alkanes) is 1. The third-order valence-electron chi connectivity index (χ3n) is 6.82. The third-order valence-corrected chi connectivity index (χ3v) is 6.82. The van der Waals surface area contributed by atoms with E-state index in [1.54, 1.807) is 7.11 Å². The van der Waals surface area contributed by atoms with Crippen LogP contribution in [0.3, 0.4) is 0 Å². The van der Waals surface area contributed by atoms with E-state index >= 15 is 0 Å². The van der Waals surface area contributed by atoms with Crippen molar-refractivity contribution in [2.75, 3.05) is 50.2 Å². The number of amides is 2. The molecule has 0 aliphatic carbocycles. The lowest BCUT2D eigenvalue weighted by atomic mass is 9.92. The summed E-state index contributed by atoms with van der Waals surface area (Å²) in [7, 11) is 1.63. The second-order valence-corrected chi connectivity index (χ2v) is 9.06. The highest BCUT2D eigenvalue weighted by Crippen LogP contribution is 2.40. The molecule has 7 nitrogen and oxygen atoms in total. The monoisotopic (exact) mass is 465 g/mol. The number of benzene rings is 2. The fraction of sp³-hybridized carbons (Fsp3) is 0.481. The third kappa shape index (κ3) is 5.20. The molecule has 2 aromatic carbocycles. The normalized spacial score (nSPS) is 20.5. The van der Waals surface area contributed by atoms with Gasteiger partial charge in [0.05, 0.1) is 32.3 Å². The Morgan fingerprint density at radius 3 is 2.53 bits per heavy atom. The zero-order valence-corrected chi connectivity index (χ0v) is 20.4. The van der Waals surface area contributed by atoms with Gasteiger partial charge in [0.1, 0.15) is 5.75 Å². The van der Waals surface area contributed by atoms with Crippen molar-refractivity contribution in [3.63, 3.8) is 0 Å². The van der Waals surface area contributed by atoms with Crippen LogP contribution in [0.1, 0.15) is 43.4 Å². The van der Waals surface area contributed by atoms with Crippen LogP contribution in [0.25, 0.3) is 0 Å². The smallest absolute Gasteiger partial charge is 0.230 e. The predicted octanol–water partition coefficient (Wildman–Crippen LogP) is 4.17. The zero-order valence-electron chi connectivity index (χ0n) is 20.4. The highest BCUT2D eigenvalue weighted by atomic mass is 16.5. The van der Waals surface area contributed by atoms with Crippen LogP contribution >= 0.6 is 0 Å². The van der Waals surface area contributed by atoms with Gasteiger partial charge < -0.3 is 24.6 Å². The Labute approximate surface area is 202 Å². The van der Waals surface area contributed by atoms with E-state index in [4.69, 9.17) is 9.47 Å². The van der Waals surface area contributed by atoms with Gasteiger partial charge in [0.2, 0.25) is 11.8 Å². The first-order valence-electron chi connectivity index (χ1n) is 12.2. The fourth-order valence-corrected chi connectivity index (χ4v) is 4.86. The number of nitrogens with zero attached hydrogens (tertiary/aromatic N) is 2. The molecule has 2 unspecified atom stereocenters.